The molecule has 5 nitrogen and oxygen atoms in total. The third kappa shape index (κ3) is 3.49. The quantitative estimate of drug-likeness (QED) is 0.553. The van der Waals surface area contributed by atoms with Crippen molar-refractivity contribution in [2.75, 3.05) is 5.32 Å². The fourth-order valence-corrected chi connectivity index (χ4v) is 3.26. The van der Waals surface area contributed by atoms with Gasteiger partial charge in [0.1, 0.15) is 5.75 Å². The first kappa shape index (κ1) is 17.5. The summed E-state index contributed by atoms with van der Waals surface area (Å²) in [6.07, 6.45) is 0.0686. The maximum Gasteiger partial charge on any atom is 0.319 e. The maximum absolute atomic E-state index is 12.7. The highest BCUT2D eigenvalue weighted by Crippen LogP contribution is 2.33. The number of esters is 1. The van der Waals surface area contributed by atoms with Crippen molar-refractivity contribution < 1.29 is 14.3 Å². The lowest BCUT2D eigenvalue weighted by Gasteiger charge is -2.24. The summed E-state index contributed by atoms with van der Waals surface area (Å²) in [5, 5.41) is 11.7. The van der Waals surface area contributed by atoms with Crippen molar-refractivity contribution in [3.05, 3.63) is 83.9 Å². The van der Waals surface area contributed by atoms with Gasteiger partial charge >= 0.3 is 5.97 Å². The van der Waals surface area contributed by atoms with Crippen molar-refractivity contribution in [1.29, 1.82) is 5.26 Å². The lowest BCUT2D eigenvalue weighted by atomic mass is 9.91. The van der Waals surface area contributed by atoms with Crippen molar-refractivity contribution in [3.63, 3.8) is 0 Å². The first-order valence-electron chi connectivity index (χ1n) is 8.85. The topological polar surface area (TPSA) is 79.2 Å². The van der Waals surface area contributed by atoms with Crippen LogP contribution in [0.25, 0.3) is 11.1 Å². The van der Waals surface area contributed by atoms with E-state index in [1.54, 1.807) is 30.3 Å². The van der Waals surface area contributed by atoms with E-state index < -0.39 is 11.9 Å². The number of carbonyl (C=O) groups excluding carboxylic acids is 2. The summed E-state index contributed by atoms with van der Waals surface area (Å²) < 4.78 is 5.52. The van der Waals surface area contributed by atoms with E-state index in [1.165, 1.54) is 0 Å². The molecule has 0 aliphatic carbocycles. The van der Waals surface area contributed by atoms with Crippen LogP contribution in [0.2, 0.25) is 0 Å². The summed E-state index contributed by atoms with van der Waals surface area (Å²) >= 11 is 0. The van der Waals surface area contributed by atoms with Crippen LogP contribution in [-0.2, 0) is 9.59 Å². The van der Waals surface area contributed by atoms with E-state index in [4.69, 9.17) is 10.00 Å². The molecular formula is C23H16N2O3. The van der Waals surface area contributed by atoms with Gasteiger partial charge in [0.05, 0.1) is 17.6 Å². The Hall–Kier alpha value is -3.91. The number of rotatable bonds is 3. The third-order valence-corrected chi connectivity index (χ3v) is 4.70. The van der Waals surface area contributed by atoms with Gasteiger partial charge in [-0.2, -0.15) is 5.26 Å². The van der Waals surface area contributed by atoms with E-state index in [9.17, 15) is 9.59 Å². The average Bonchev–Trinajstić information content (AvgIpc) is 2.73. The van der Waals surface area contributed by atoms with Crippen LogP contribution in [0.4, 0.5) is 5.69 Å². The van der Waals surface area contributed by atoms with Gasteiger partial charge in [-0.3, -0.25) is 9.59 Å². The Morgan fingerprint density at radius 1 is 0.964 bits per heavy atom. The van der Waals surface area contributed by atoms with Gasteiger partial charge in [-0.15, -0.1) is 0 Å². The summed E-state index contributed by atoms with van der Waals surface area (Å²) in [5.41, 5.74) is 3.94. The number of carbonyl (C=O) groups is 2. The fourth-order valence-electron chi connectivity index (χ4n) is 3.26. The summed E-state index contributed by atoms with van der Waals surface area (Å²) in [5.74, 6) is -0.848. The number of ether oxygens (including phenoxy) is 1. The van der Waals surface area contributed by atoms with Gasteiger partial charge in [0.2, 0.25) is 5.91 Å². The van der Waals surface area contributed by atoms with Crippen LogP contribution in [0, 0.1) is 11.3 Å². The zero-order valence-corrected chi connectivity index (χ0v) is 14.9. The Labute approximate surface area is 162 Å². The molecule has 0 fully saturated rings. The van der Waals surface area contributed by atoms with Crippen LogP contribution in [0.3, 0.4) is 0 Å². The molecule has 136 valence electrons. The molecule has 3 aromatic carbocycles. The Bertz CT molecular complexity index is 1080. The summed E-state index contributed by atoms with van der Waals surface area (Å²) in [6.45, 7) is 0. The smallest absolute Gasteiger partial charge is 0.319 e. The van der Waals surface area contributed by atoms with Gasteiger partial charge in [-0.25, -0.2) is 0 Å². The minimum Gasteiger partial charge on any atom is -0.426 e. The highest BCUT2D eigenvalue weighted by molar-refractivity contribution is 6.00. The number of hydrogen-bond acceptors (Lipinski definition) is 4. The number of nitrogens with one attached hydrogen (secondary N) is 1. The number of fused-ring (bicyclic) bond motifs is 1. The number of nitriles is 1. The predicted molar refractivity (Wildman–Crippen MR) is 105 cm³/mol. The second-order valence-corrected chi connectivity index (χ2v) is 6.53. The van der Waals surface area contributed by atoms with Gasteiger partial charge < -0.3 is 10.1 Å². The summed E-state index contributed by atoms with van der Waals surface area (Å²) in [7, 11) is 0. The van der Waals surface area contributed by atoms with Gasteiger partial charge in [0.25, 0.3) is 0 Å². The molecule has 1 N–H and O–H groups in total. The van der Waals surface area contributed by atoms with Crippen molar-refractivity contribution in [3.8, 4) is 22.9 Å². The van der Waals surface area contributed by atoms with E-state index >= 15 is 0 Å². The number of nitrogens with zero attached hydrogens (tertiary/aromatic N) is 1. The first-order valence-corrected chi connectivity index (χ1v) is 8.85. The summed E-state index contributed by atoms with van der Waals surface area (Å²) in [4.78, 5) is 24.6. The molecule has 1 unspecified atom stereocenters. The molecule has 28 heavy (non-hydrogen) atoms. The van der Waals surface area contributed by atoms with Crippen LogP contribution >= 0.6 is 0 Å². The molecule has 1 aliphatic rings. The molecular weight excluding hydrogens is 352 g/mol. The SMILES string of the molecule is N#Cc1ccc(-c2ccc(OC(=O)C3CC(=O)Nc4ccccc43)cc2)cc1. The molecule has 0 radical (unpaired) electrons. The molecule has 0 spiro atoms. The zero-order valence-electron chi connectivity index (χ0n) is 14.9. The highest BCUT2D eigenvalue weighted by Gasteiger charge is 2.31. The predicted octanol–water partition coefficient (Wildman–Crippen LogP) is 4.26. The molecule has 3 aromatic rings. The van der Waals surface area contributed by atoms with E-state index in [0.29, 0.717) is 17.0 Å². The molecule has 0 saturated carbocycles. The molecule has 0 bridgehead atoms. The Morgan fingerprint density at radius 2 is 1.61 bits per heavy atom. The lowest BCUT2D eigenvalue weighted by Crippen LogP contribution is -2.29. The van der Waals surface area contributed by atoms with Crippen molar-refractivity contribution in [2.24, 2.45) is 0 Å². The molecule has 1 amide bonds. The van der Waals surface area contributed by atoms with E-state index in [2.05, 4.69) is 11.4 Å². The maximum atomic E-state index is 12.7. The minimum absolute atomic E-state index is 0.0686. The van der Waals surface area contributed by atoms with Gasteiger partial charge in [0, 0.05) is 12.1 Å². The molecule has 1 aliphatic heterocycles. The van der Waals surface area contributed by atoms with Crippen molar-refractivity contribution >= 4 is 17.6 Å². The van der Waals surface area contributed by atoms with E-state index in [-0.39, 0.29) is 12.3 Å². The molecule has 1 atom stereocenters. The van der Waals surface area contributed by atoms with Crippen LogP contribution in [0.5, 0.6) is 5.75 Å². The second kappa shape index (κ2) is 7.37. The van der Waals surface area contributed by atoms with Crippen molar-refractivity contribution in [2.45, 2.75) is 12.3 Å². The van der Waals surface area contributed by atoms with Crippen molar-refractivity contribution in [1.82, 2.24) is 0 Å². The molecule has 5 heteroatoms. The van der Waals surface area contributed by atoms with Gasteiger partial charge in [0.15, 0.2) is 0 Å². The number of benzene rings is 3. The van der Waals surface area contributed by atoms with E-state index in [0.717, 1.165) is 16.7 Å². The van der Waals surface area contributed by atoms with Crippen LogP contribution in [0.15, 0.2) is 72.8 Å². The standard InChI is InChI=1S/C23H16N2O3/c24-14-15-5-7-16(8-6-15)17-9-11-18(12-10-17)28-23(27)20-13-22(26)25-21-4-2-1-3-19(20)21/h1-12,20H,13H2,(H,25,26). The average molecular weight is 368 g/mol. The fraction of sp³-hybridized carbons (Fsp3) is 0.0870. The number of hydrogen-bond donors (Lipinski definition) is 1. The number of amides is 1. The van der Waals surface area contributed by atoms with Crippen LogP contribution in [-0.4, -0.2) is 11.9 Å². The molecule has 0 saturated heterocycles. The largest absolute Gasteiger partial charge is 0.426 e. The Kier molecular flexibility index (Phi) is 4.61. The molecule has 1 heterocycles. The third-order valence-electron chi connectivity index (χ3n) is 4.70. The Balaban J connectivity index is 1.51. The first-order chi connectivity index (χ1) is 13.6. The van der Waals surface area contributed by atoms with Gasteiger partial charge in [-0.05, 0) is 47.0 Å². The minimum atomic E-state index is -0.622. The second-order valence-electron chi connectivity index (χ2n) is 6.53. The zero-order chi connectivity index (χ0) is 19.5. The van der Waals surface area contributed by atoms with E-state index in [1.807, 2.05) is 42.5 Å². The summed E-state index contributed by atoms with van der Waals surface area (Å²) in [6, 6.07) is 23.8. The van der Waals surface area contributed by atoms with Crippen LogP contribution in [0.1, 0.15) is 23.5 Å². The highest BCUT2D eigenvalue weighted by atomic mass is 16.5. The monoisotopic (exact) mass is 368 g/mol. The molecule has 4 rings (SSSR count). The number of para-hydroxylation sites is 1. The number of anilines is 1. The Morgan fingerprint density at radius 3 is 2.29 bits per heavy atom. The molecule has 0 aromatic heterocycles. The van der Waals surface area contributed by atoms with Crippen LogP contribution < -0.4 is 10.1 Å². The van der Waals surface area contributed by atoms with Gasteiger partial charge in [-0.1, -0.05) is 42.5 Å². The normalized spacial score (nSPS) is 15.1. The lowest BCUT2D eigenvalue weighted by molar-refractivity contribution is -0.138.